The van der Waals surface area contributed by atoms with Gasteiger partial charge in [-0.25, -0.2) is 0 Å². The Bertz CT molecular complexity index is 407. The van der Waals surface area contributed by atoms with Crippen molar-refractivity contribution in [3.05, 3.63) is 29.3 Å². The van der Waals surface area contributed by atoms with Crippen LogP contribution in [-0.4, -0.2) is 37.1 Å². The number of hydrogen-bond donors (Lipinski definition) is 0. The molecule has 1 aliphatic rings. The van der Waals surface area contributed by atoms with Gasteiger partial charge in [0.15, 0.2) is 0 Å². The molecule has 0 aliphatic carbocycles. The number of hydrogen-bond acceptors (Lipinski definition) is 2. The summed E-state index contributed by atoms with van der Waals surface area (Å²) in [4.78, 5) is 5.00. The van der Waals surface area contributed by atoms with E-state index < -0.39 is 0 Å². The summed E-state index contributed by atoms with van der Waals surface area (Å²) in [6.45, 7) is 9.08. The largest absolute Gasteiger partial charge is 0.368 e. The van der Waals surface area contributed by atoms with Crippen molar-refractivity contribution in [2.24, 2.45) is 0 Å². The lowest BCUT2D eigenvalue weighted by atomic mass is 10.0. The van der Waals surface area contributed by atoms with E-state index in [-0.39, 0.29) is 0 Å². The van der Waals surface area contributed by atoms with Gasteiger partial charge in [-0.1, -0.05) is 28.1 Å². The highest BCUT2D eigenvalue weighted by molar-refractivity contribution is 9.08. The number of alkyl halides is 1. The molecule has 1 saturated heterocycles. The zero-order chi connectivity index (χ0) is 13.3. The maximum Gasteiger partial charge on any atom is 0.0397 e. The van der Waals surface area contributed by atoms with Crippen molar-refractivity contribution in [3.8, 4) is 0 Å². The van der Waals surface area contributed by atoms with Crippen LogP contribution in [0.5, 0.6) is 0 Å². The van der Waals surface area contributed by atoms with Crippen LogP contribution in [-0.2, 0) is 5.33 Å². The van der Waals surface area contributed by atoms with Gasteiger partial charge >= 0.3 is 0 Å². The molecule has 2 unspecified atom stereocenters. The average molecular weight is 311 g/mol. The molecule has 1 aromatic rings. The van der Waals surface area contributed by atoms with Crippen LogP contribution in [0.25, 0.3) is 0 Å². The molecule has 2 atom stereocenters. The number of benzene rings is 1. The minimum atomic E-state index is 0.615. The number of piperazine rings is 1. The minimum absolute atomic E-state index is 0.615. The van der Waals surface area contributed by atoms with Crippen LogP contribution in [0.3, 0.4) is 0 Å². The van der Waals surface area contributed by atoms with Gasteiger partial charge in [-0.2, -0.15) is 0 Å². The summed E-state index contributed by atoms with van der Waals surface area (Å²) in [5, 5.41) is 0.934. The summed E-state index contributed by atoms with van der Waals surface area (Å²) in [6.07, 6.45) is 0. The monoisotopic (exact) mass is 310 g/mol. The van der Waals surface area contributed by atoms with Crippen LogP contribution in [0.15, 0.2) is 18.2 Å². The molecule has 2 rings (SSSR count). The molecule has 0 N–H and O–H groups in total. The SMILES string of the molecule is Cc1cc(CBr)ccc1N1CC(C)N(C)C(C)C1. The van der Waals surface area contributed by atoms with Crippen molar-refractivity contribution in [1.29, 1.82) is 0 Å². The Balaban J connectivity index is 2.21. The van der Waals surface area contributed by atoms with Gasteiger partial charge in [0.05, 0.1) is 0 Å². The fraction of sp³-hybridized carbons (Fsp3) is 0.600. The van der Waals surface area contributed by atoms with Crippen LogP contribution >= 0.6 is 15.9 Å². The summed E-state index contributed by atoms with van der Waals surface area (Å²) in [5.41, 5.74) is 4.13. The Morgan fingerprint density at radius 3 is 2.33 bits per heavy atom. The molecule has 0 aromatic heterocycles. The van der Waals surface area contributed by atoms with Crippen LogP contribution in [0.1, 0.15) is 25.0 Å². The summed E-state index contributed by atoms with van der Waals surface area (Å²) < 4.78 is 0. The Kier molecular flexibility index (Phi) is 4.33. The van der Waals surface area contributed by atoms with Gasteiger partial charge in [0.2, 0.25) is 0 Å². The third-order valence-corrected chi connectivity index (χ3v) is 4.76. The van der Waals surface area contributed by atoms with Gasteiger partial charge < -0.3 is 4.90 Å². The number of nitrogens with zero attached hydrogens (tertiary/aromatic N) is 2. The van der Waals surface area contributed by atoms with Gasteiger partial charge in [-0.05, 0) is 45.0 Å². The standard InChI is InChI=1S/C15H23BrN2/c1-11-7-14(8-16)5-6-15(11)18-9-12(2)17(4)13(3)10-18/h5-7,12-13H,8-10H2,1-4H3. The second kappa shape index (κ2) is 5.62. The predicted octanol–water partition coefficient (Wildman–Crippen LogP) is 3.42. The first kappa shape index (κ1) is 13.9. The lowest BCUT2D eigenvalue weighted by Crippen LogP contribution is -2.55. The topological polar surface area (TPSA) is 6.48 Å². The Morgan fingerprint density at radius 1 is 1.22 bits per heavy atom. The number of likely N-dealkylation sites (N-methyl/N-ethyl adjacent to an activating group) is 1. The first-order chi connectivity index (χ1) is 8.52. The zero-order valence-electron chi connectivity index (χ0n) is 11.8. The van der Waals surface area contributed by atoms with Gasteiger partial charge in [-0.3, -0.25) is 4.90 Å². The second-order valence-corrected chi connectivity index (χ2v) is 6.08. The van der Waals surface area contributed by atoms with Crippen LogP contribution in [0, 0.1) is 6.92 Å². The maximum atomic E-state index is 3.52. The van der Waals surface area contributed by atoms with E-state index in [2.05, 4.69) is 71.7 Å². The first-order valence-electron chi connectivity index (χ1n) is 6.65. The molecule has 1 fully saturated rings. The quantitative estimate of drug-likeness (QED) is 0.772. The van der Waals surface area contributed by atoms with Crippen molar-refractivity contribution in [2.75, 3.05) is 25.0 Å². The van der Waals surface area contributed by atoms with Gasteiger partial charge in [-0.15, -0.1) is 0 Å². The Morgan fingerprint density at radius 2 is 1.83 bits per heavy atom. The maximum absolute atomic E-state index is 3.52. The molecule has 18 heavy (non-hydrogen) atoms. The van der Waals surface area contributed by atoms with E-state index in [9.17, 15) is 0 Å². The molecule has 1 aromatic carbocycles. The number of rotatable bonds is 2. The number of anilines is 1. The highest BCUT2D eigenvalue weighted by Crippen LogP contribution is 2.26. The van der Waals surface area contributed by atoms with Crippen molar-refractivity contribution in [2.45, 2.75) is 38.2 Å². The van der Waals surface area contributed by atoms with Crippen LogP contribution in [0.4, 0.5) is 5.69 Å². The molecule has 2 nitrogen and oxygen atoms in total. The molecule has 100 valence electrons. The van der Waals surface area contributed by atoms with E-state index in [1.54, 1.807) is 0 Å². The third kappa shape index (κ3) is 2.72. The lowest BCUT2D eigenvalue weighted by Gasteiger charge is -2.44. The van der Waals surface area contributed by atoms with E-state index in [1.165, 1.54) is 16.8 Å². The van der Waals surface area contributed by atoms with Gasteiger partial charge in [0.1, 0.15) is 0 Å². The van der Waals surface area contributed by atoms with Crippen molar-refractivity contribution in [3.63, 3.8) is 0 Å². The summed E-state index contributed by atoms with van der Waals surface area (Å²) in [7, 11) is 2.23. The molecule has 1 heterocycles. The molecule has 0 radical (unpaired) electrons. The first-order valence-corrected chi connectivity index (χ1v) is 7.77. The van der Waals surface area contributed by atoms with Crippen LogP contribution < -0.4 is 4.90 Å². The van der Waals surface area contributed by atoms with Gasteiger partial charge in [0.25, 0.3) is 0 Å². The van der Waals surface area contributed by atoms with E-state index in [0.29, 0.717) is 12.1 Å². The van der Waals surface area contributed by atoms with E-state index in [4.69, 9.17) is 0 Å². The lowest BCUT2D eigenvalue weighted by molar-refractivity contribution is 0.170. The summed E-state index contributed by atoms with van der Waals surface area (Å²) in [5.74, 6) is 0. The average Bonchev–Trinajstić information content (AvgIpc) is 2.35. The minimum Gasteiger partial charge on any atom is -0.368 e. The number of halogens is 1. The van der Waals surface area contributed by atoms with Crippen molar-refractivity contribution < 1.29 is 0 Å². The summed E-state index contributed by atoms with van der Waals surface area (Å²) in [6, 6.07) is 8.02. The van der Waals surface area contributed by atoms with Crippen molar-refractivity contribution >= 4 is 21.6 Å². The summed E-state index contributed by atoms with van der Waals surface area (Å²) >= 11 is 3.52. The van der Waals surface area contributed by atoms with Gasteiger partial charge in [0, 0.05) is 36.2 Å². The second-order valence-electron chi connectivity index (χ2n) is 5.52. The molecule has 0 bridgehead atoms. The zero-order valence-corrected chi connectivity index (χ0v) is 13.4. The molecular weight excluding hydrogens is 288 g/mol. The highest BCUT2D eigenvalue weighted by Gasteiger charge is 2.27. The Labute approximate surface area is 119 Å². The normalized spacial score (nSPS) is 25.5. The fourth-order valence-corrected chi connectivity index (χ4v) is 3.11. The molecule has 0 amide bonds. The van der Waals surface area contributed by atoms with Crippen LogP contribution in [0.2, 0.25) is 0 Å². The van der Waals surface area contributed by atoms with E-state index in [0.717, 1.165) is 18.4 Å². The molecule has 0 saturated carbocycles. The molecule has 1 aliphatic heterocycles. The Hall–Kier alpha value is -0.540. The van der Waals surface area contributed by atoms with E-state index >= 15 is 0 Å². The predicted molar refractivity (Wildman–Crippen MR) is 82.7 cm³/mol. The highest BCUT2D eigenvalue weighted by atomic mass is 79.9. The fourth-order valence-electron chi connectivity index (χ4n) is 2.76. The molecule has 3 heteroatoms. The molecular formula is C15H23BrN2. The van der Waals surface area contributed by atoms with E-state index in [1.807, 2.05) is 0 Å². The third-order valence-electron chi connectivity index (χ3n) is 4.12. The van der Waals surface area contributed by atoms with Crippen molar-refractivity contribution in [1.82, 2.24) is 4.90 Å². The number of aryl methyl sites for hydroxylation is 1. The smallest absolute Gasteiger partial charge is 0.0397 e. The molecule has 0 spiro atoms.